The number of thioether (sulfide) groups is 1. The molecule has 0 N–H and O–H groups in total. The van der Waals surface area contributed by atoms with Crippen LogP contribution in [0.3, 0.4) is 0 Å². The second-order valence-electron chi connectivity index (χ2n) is 3.92. The molecule has 1 saturated heterocycles. The fraction of sp³-hybridized carbons (Fsp3) is 0.545. The number of hydrogen-bond acceptors (Lipinski definition) is 3. The maximum Gasteiger partial charge on any atom is 0.258 e. The van der Waals surface area contributed by atoms with Crippen molar-refractivity contribution >= 4 is 33.6 Å². The topological polar surface area (TPSA) is 33.5 Å². The van der Waals surface area contributed by atoms with Gasteiger partial charge in [0.15, 0.2) is 4.67 Å². The van der Waals surface area contributed by atoms with Gasteiger partial charge in [-0.25, -0.2) is 0 Å². The fourth-order valence-corrected chi connectivity index (χ4v) is 3.33. The Bertz CT molecular complexity index is 393. The summed E-state index contributed by atoms with van der Waals surface area (Å²) < 4.78 is 5.63. The molecule has 0 spiro atoms. The molecule has 0 aliphatic carbocycles. The van der Waals surface area contributed by atoms with Crippen LogP contribution in [0.25, 0.3) is 0 Å². The highest BCUT2D eigenvalue weighted by Gasteiger charge is 2.30. The van der Waals surface area contributed by atoms with Gasteiger partial charge in [-0.3, -0.25) is 4.79 Å². The van der Waals surface area contributed by atoms with Crippen LogP contribution in [0.5, 0.6) is 0 Å². The van der Waals surface area contributed by atoms with Crippen LogP contribution < -0.4 is 0 Å². The summed E-state index contributed by atoms with van der Waals surface area (Å²) in [6, 6.07) is 1.99. The molecule has 1 aromatic heterocycles. The summed E-state index contributed by atoms with van der Waals surface area (Å²) >= 11 is 5.17. The zero-order valence-electron chi connectivity index (χ0n) is 9.27. The first-order valence-electron chi connectivity index (χ1n) is 5.27. The molecule has 2 atom stereocenters. The molecule has 88 valence electrons. The predicted molar refractivity (Wildman–Crippen MR) is 68.8 cm³/mol. The van der Waals surface area contributed by atoms with E-state index < -0.39 is 0 Å². The molecule has 2 rings (SSSR count). The van der Waals surface area contributed by atoms with Gasteiger partial charge in [0, 0.05) is 23.6 Å². The quantitative estimate of drug-likeness (QED) is 0.799. The fourth-order valence-electron chi connectivity index (χ4n) is 1.82. The first kappa shape index (κ1) is 12.0. The number of hydrogen-bond donors (Lipinski definition) is 0. The zero-order chi connectivity index (χ0) is 11.7. The minimum Gasteiger partial charge on any atom is -0.457 e. The van der Waals surface area contributed by atoms with Gasteiger partial charge in [0.25, 0.3) is 5.91 Å². The number of nitrogens with zero attached hydrogens (tertiary/aromatic N) is 1. The van der Waals surface area contributed by atoms with Crippen LogP contribution in [0.2, 0.25) is 0 Å². The number of amides is 1. The largest absolute Gasteiger partial charge is 0.457 e. The van der Waals surface area contributed by atoms with E-state index in [0.717, 1.165) is 12.3 Å². The molecule has 1 fully saturated rings. The molecule has 2 heterocycles. The average Bonchev–Trinajstić information content (AvgIpc) is 2.68. The smallest absolute Gasteiger partial charge is 0.258 e. The Balaban J connectivity index is 2.18. The molecular formula is C11H14BrNO2S. The monoisotopic (exact) mass is 303 g/mol. The van der Waals surface area contributed by atoms with E-state index in [1.165, 1.54) is 6.26 Å². The van der Waals surface area contributed by atoms with Crippen molar-refractivity contribution in [3.63, 3.8) is 0 Å². The van der Waals surface area contributed by atoms with E-state index in [2.05, 4.69) is 29.8 Å². The molecule has 0 radical (unpaired) electrons. The average molecular weight is 304 g/mol. The lowest BCUT2D eigenvalue weighted by molar-refractivity contribution is 0.0696. The van der Waals surface area contributed by atoms with Gasteiger partial charge in [-0.05, 0) is 28.9 Å². The van der Waals surface area contributed by atoms with Gasteiger partial charge >= 0.3 is 0 Å². The van der Waals surface area contributed by atoms with E-state index in [9.17, 15) is 4.79 Å². The van der Waals surface area contributed by atoms with Gasteiger partial charge in [0.05, 0.1) is 11.8 Å². The van der Waals surface area contributed by atoms with Crippen LogP contribution in [0.4, 0.5) is 0 Å². The molecule has 1 aliphatic rings. The highest BCUT2D eigenvalue weighted by molar-refractivity contribution is 9.10. The molecule has 16 heavy (non-hydrogen) atoms. The van der Waals surface area contributed by atoms with Gasteiger partial charge in [-0.1, -0.05) is 6.92 Å². The number of carbonyl (C=O) groups is 1. The molecule has 0 saturated carbocycles. The molecule has 1 amide bonds. The zero-order valence-corrected chi connectivity index (χ0v) is 11.7. The Morgan fingerprint density at radius 1 is 1.62 bits per heavy atom. The SMILES string of the molecule is CC1SCCN(C(=O)c2ccoc2Br)C1C. The second-order valence-corrected chi connectivity index (χ2v) is 6.13. The van der Waals surface area contributed by atoms with Crippen LogP contribution in [-0.4, -0.2) is 34.4 Å². The second kappa shape index (κ2) is 4.84. The summed E-state index contributed by atoms with van der Waals surface area (Å²) in [7, 11) is 0. The highest BCUT2D eigenvalue weighted by Crippen LogP contribution is 2.27. The lowest BCUT2D eigenvalue weighted by Gasteiger charge is -2.37. The molecule has 5 heteroatoms. The van der Waals surface area contributed by atoms with Crippen LogP contribution in [0.1, 0.15) is 24.2 Å². The molecule has 2 unspecified atom stereocenters. The maximum atomic E-state index is 12.3. The molecule has 3 nitrogen and oxygen atoms in total. The lowest BCUT2D eigenvalue weighted by atomic mass is 10.1. The minimum atomic E-state index is 0.0558. The van der Waals surface area contributed by atoms with Crippen molar-refractivity contribution in [1.29, 1.82) is 0 Å². The Morgan fingerprint density at radius 3 is 3.00 bits per heavy atom. The Kier molecular flexibility index (Phi) is 3.64. The molecular weight excluding hydrogens is 290 g/mol. The third kappa shape index (κ3) is 2.15. The van der Waals surface area contributed by atoms with E-state index in [1.807, 2.05) is 16.7 Å². The summed E-state index contributed by atoms with van der Waals surface area (Å²) in [5.74, 6) is 1.06. The Morgan fingerprint density at radius 2 is 2.38 bits per heavy atom. The van der Waals surface area contributed by atoms with Crippen LogP contribution >= 0.6 is 27.7 Å². The maximum absolute atomic E-state index is 12.3. The van der Waals surface area contributed by atoms with Gasteiger partial charge in [0.2, 0.25) is 0 Å². The number of furan rings is 1. The van der Waals surface area contributed by atoms with Crippen molar-refractivity contribution in [2.45, 2.75) is 25.1 Å². The van der Waals surface area contributed by atoms with E-state index in [0.29, 0.717) is 15.5 Å². The van der Waals surface area contributed by atoms with E-state index in [1.54, 1.807) is 6.07 Å². The van der Waals surface area contributed by atoms with Crippen molar-refractivity contribution in [3.8, 4) is 0 Å². The minimum absolute atomic E-state index is 0.0558. The van der Waals surface area contributed by atoms with E-state index in [4.69, 9.17) is 4.42 Å². The summed E-state index contributed by atoms with van der Waals surface area (Å²) in [6.07, 6.45) is 1.53. The summed E-state index contributed by atoms with van der Waals surface area (Å²) in [4.78, 5) is 14.2. The van der Waals surface area contributed by atoms with Gasteiger partial charge in [-0.15, -0.1) is 0 Å². The highest BCUT2D eigenvalue weighted by atomic mass is 79.9. The van der Waals surface area contributed by atoms with Crippen molar-refractivity contribution in [1.82, 2.24) is 4.90 Å². The van der Waals surface area contributed by atoms with Crippen molar-refractivity contribution in [2.24, 2.45) is 0 Å². The van der Waals surface area contributed by atoms with Gasteiger partial charge in [-0.2, -0.15) is 11.8 Å². The van der Waals surface area contributed by atoms with Crippen LogP contribution in [0, 0.1) is 0 Å². The van der Waals surface area contributed by atoms with Gasteiger partial charge < -0.3 is 9.32 Å². The Labute approximate surface area is 108 Å². The standard InChI is InChI=1S/C11H14BrNO2S/c1-7-8(2)16-6-4-13(7)11(14)9-3-5-15-10(9)12/h3,5,7-8H,4,6H2,1-2H3. The van der Waals surface area contributed by atoms with Crippen molar-refractivity contribution < 1.29 is 9.21 Å². The lowest BCUT2D eigenvalue weighted by Crippen LogP contribution is -2.47. The molecule has 0 aromatic carbocycles. The molecule has 1 aliphatic heterocycles. The third-order valence-corrected chi connectivity index (χ3v) is 4.95. The number of halogens is 1. The number of carbonyl (C=O) groups excluding carboxylic acids is 1. The van der Waals surface area contributed by atoms with Crippen LogP contribution in [-0.2, 0) is 0 Å². The molecule has 0 bridgehead atoms. The number of rotatable bonds is 1. The summed E-state index contributed by atoms with van der Waals surface area (Å²) in [5.41, 5.74) is 0.617. The normalized spacial score (nSPS) is 25.8. The Hall–Kier alpha value is -0.420. The summed E-state index contributed by atoms with van der Waals surface area (Å²) in [5, 5.41) is 0.489. The first-order chi connectivity index (χ1) is 7.61. The van der Waals surface area contributed by atoms with Crippen LogP contribution in [0.15, 0.2) is 21.4 Å². The third-order valence-electron chi connectivity index (χ3n) is 2.99. The molecule has 1 aromatic rings. The first-order valence-corrected chi connectivity index (χ1v) is 7.11. The predicted octanol–water partition coefficient (Wildman–Crippen LogP) is 3.01. The van der Waals surface area contributed by atoms with E-state index in [-0.39, 0.29) is 11.9 Å². The van der Waals surface area contributed by atoms with Gasteiger partial charge in [0.1, 0.15) is 0 Å². The van der Waals surface area contributed by atoms with Crippen molar-refractivity contribution in [3.05, 3.63) is 22.6 Å². The van der Waals surface area contributed by atoms with Crippen molar-refractivity contribution in [2.75, 3.05) is 12.3 Å². The van der Waals surface area contributed by atoms with E-state index >= 15 is 0 Å². The summed E-state index contributed by atoms with van der Waals surface area (Å²) in [6.45, 7) is 5.08.